The van der Waals surface area contributed by atoms with Gasteiger partial charge in [0.05, 0.1) is 19.6 Å². The third-order valence-electron chi connectivity index (χ3n) is 4.01. The second-order valence-electron chi connectivity index (χ2n) is 5.53. The molecule has 2 rings (SSSR count). The molecule has 2 atom stereocenters. The summed E-state index contributed by atoms with van der Waals surface area (Å²) in [5.41, 5.74) is 1.02. The van der Waals surface area contributed by atoms with Gasteiger partial charge in [0, 0.05) is 0 Å². The fourth-order valence-corrected chi connectivity index (χ4v) is 2.79. The van der Waals surface area contributed by atoms with Gasteiger partial charge in [-0.2, -0.15) is 0 Å². The number of hydrogen-bond acceptors (Lipinski definition) is 4. The van der Waals surface area contributed by atoms with Crippen molar-refractivity contribution in [3.8, 4) is 0 Å². The number of esters is 1. The number of ether oxygens (including phenoxy) is 1. The fraction of sp³-hybridized carbons (Fsp3) is 0.471. The Bertz CT molecular complexity index is 573. The van der Waals surface area contributed by atoms with Crippen molar-refractivity contribution in [2.45, 2.75) is 38.3 Å². The van der Waals surface area contributed by atoms with Gasteiger partial charge in [-0.3, -0.25) is 14.4 Å². The molecule has 2 amide bonds. The zero-order valence-electron chi connectivity index (χ0n) is 13.5. The van der Waals surface area contributed by atoms with E-state index in [1.807, 2.05) is 37.3 Å². The lowest BCUT2D eigenvalue weighted by Crippen LogP contribution is -2.57. The standard InChI is InChI=1S/C17H22N2O4/c1-3-7-13(17(22)18-11-16(21)23-2)19-14(10-15(19)20)12-8-5-4-6-9-12/h4-6,8-9,13-14H,3,7,10-11H2,1-2H3,(H,18,22)/t13-,14-/m0/s1. The smallest absolute Gasteiger partial charge is 0.325 e. The van der Waals surface area contributed by atoms with Crippen molar-refractivity contribution in [2.75, 3.05) is 13.7 Å². The Morgan fingerprint density at radius 2 is 2.04 bits per heavy atom. The number of methoxy groups -OCH3 is 1. The lowest BCUT2D eigenvalue weighted by Gasteiger charge is -2.45. The quantitative estimate of drug-likeness (QED) is 0.609. The van der Waals surface area contributed by atoms with Gasteiger partial charge in [-0.05, 0) is 12.0 Å². The number of rotatable bonds is 7. The van der Waals surface area contributed by atoms with Crippen molar-refractivity contribution in [3.63, 3.8) is 0 Å². The van der Waals surface area contributed by atoms with Gasteiger partial charge >= 0.3 is 5.97 Å². The minimum Gasteiger partial charge on any atom is -0.468 e. The van der Waals surface area contributed by atoms with E-state index in [9.17, 15) is 14.4 Å². The molecule has 1 N–H and O–H groups in total. The van der Waals surface area contributed by atoms with Crippen LogP contribution < -0.4 is 5.32 Å². The molecular weight excluding hydrogens is 296 g/mol. The monoisotopic (exact) mass is 318 g/mol. The van der Waals surface area contributed by atoms with Gasteiger partial charge in [0.1, 0.15) is 12.6 Å². The fourth-order valence-electron chi connectivity index (χ4n) is 2.79. The molecule has 0 spiro atoms. The molecule has 1 aromatic carbocycles. The van der Waals surface area contributed by atoms with E-state index < -0.39 is 12.0 Å². The molecular formula is C17H22N2O4. The maximum absolute atomic E-state index is 12.4. The van der Waals surface area contributed by atoms with E-state index in [0.717, 1.165) is 12.0 Å². The van der Waals surface area contributed by atoms with Gasteiger partial charge < -0.3 is 15.0 Å². The van der Waals surface area contributed by atoms with E-state index in [4.69, 9.17) is 0 Å². The lowest BCUT2D eigenvalue weighted by atomic mass is 9.90. The molecule has 6 heteroatoms. The number of carbonyl (C=O) groups is 3. The van der Waals surface area contributed by atoms with E-state index in [1.54, 1.807) is 4.90 Å². The number of nitrogens with zero attached hydrogens (tertiary/aromatic N) is 1. The van der Waals surface area contributed by atoms with Crippen LogP contribution in [0.1, 0.15) is 37.8 Å². The molecule has 1 heterocycles. The second kappa shape index (κ2) is 7.76. The van der Waals surface area contributed by atoms with Gasteiger partial charge in [-0.25, -0.2) is 0 Å². The van der Waals surface area contributed by atoms with Crippen LogP contribution in [0.2, 0.25) is 0 Å². The molecule has 6 nitrogen and oxygen atoms in total. The molecule has 1 aliphatic rings. The van der Waals surface area contributed by atoms with Crippen molar-refractivity contribution in [1.82, 2.24) is 10.2 Å². The third-order valence-corrected chi connectivity index (χ3v) is 4.01. The number of hydrogen-bond donors (Lipinski definition) is 1. The van der Waals surface area contributed by atoms with Crippen molar-refractivity contribution >= 4 is 17.8 Å². The predicted molar refractivity (Wildman–Crippen MR) is 84.4 cm³/mol. The van der Waals surface area contributed by atoms with Gasteiger partial charge in [0.25, 0.3) is 0 Å². The first-order valence-electron chi connectivity index (χ1n) is 7.79. The molecule has 1 aromatic rings. The highest BCUT2D eigenvalue weighted by Crippen LogP contribution is 2.37. The van der Waals surface area contributed by atoms with Crippen LogP contribution in [0.15, 0.2) is 30.3 Å². The van der Waals surface area contributed by atoms with Gasteiger partial charge in [0.15, 0.2) is 0 Å². The maximum atomic E-state index is 12.4. The van der Waals surface area contributed by atoms with E-state index in [-0.39, 0.29) is 24.4 Å². The summed E-state index contributed by atoms with van der Waals surface area (Å²) in [6.07, 6.45) is 1.73. The predicted octanol–water partition coefficient (Wildman–Crippen LogP) is 1.42. The summed E-state index contributed by atoms with van der Waals surface area (Å²) in [7, 11) is 1.27. The molecule has 23 heavy (non-hydrogen) atoms. The molecule has 1 fully saturated rings. The molecule has 1 aliphatic heterocycles. The van der Waals surface area contributed by atoms with Crippen molar-refractivity contribution in [3.05, 3.63) is 35.9 Å². The van der Waals surface area contributed by atoms with Crippen molar-refractivity contribution in [1.29, 1.82) is 0 Å². The normalized spacial score (nSPS) is 18.1. The molecule has 0 aliphatic carbocycles. The largest absolute Gasteiger partial charge is 0.468 e. The number of β-lactam (4-membered cyclic amide) rings is 1. The lowest BCUT2D eigenvalue weighted by molar-refractivity contribution is -0.156. The molecule has 0 bridgehead atoms. The highest BCUT2D eigenvalue weighted by Gasteiger charge is 2.43. The van der Waals surface area contributed by atoms with Gasteiger partial charge in [0.2, 0.25) is 11.8 Å². The minimum absolute atomic E-state index is 0.0366. The minimum atomic E-state index is -0.559. The summed E-state index contributed by atoms with van der Waals surface area (Å²) in [6, 6.07) is 9.03. The zero-order chi connectivity index (χ0) is 16.8. The average Bonchev–Trinajstić information content (AvgIpc) is 2.57. The summed E-state index contributed by atoms with van der Waals surface area (Å²) in [4.78, 5) is 37.3. The Morgan fingerprint density at radius 3 is 2.61 bits per heavy atom. The van der Waals surface area contributed by atoms with Crippen LogP contribution in [0.4, 0.5) is 0 Å². The van der Waals surface area contributed by atoms with Gasteiger partial charge in [-0.1, -0.05) is 43.7 Å². The van der Waals surface area contributed by atoms with Crippen LogP contribution in [0.3, 0.4) is 0 Å². The molecule has 124 valence electrons. The number of likely N-dealkylation sites (tertiary alicyclic amines) is 1. The van der Waals surface area contributed by atoms with E-state index >= 15 is 0 Å². The highest BCUT2D eigenvalue weighted by molar-refractivity contribution is 5.92. The Hall–Kier alpha value is -2.37. The van der Waals surface area contributed by atoms with Crippen molar-refractivity contribution in [2.24, 2.45) is 0 Å². The molecule has 1 saturated heterocycles. The molecule has 0 saturated carbocycles. The van der Waals surface area contributed by atoms with Gasteiger partial charge in [-0.15, -0.1) is 0 Å². The van der Waals surface area contributed by atoms with Crippen LogP contribution in [0, 0.1) is 0 Å². The number of benzene rings is 1. The third kappa shape index (κ3) is 3.88. The summed E-state index contributed by atoms with van der Waals surface area (Å²) in [5, 5.41) is 2.55. The Kier molecular flexibility index (Phi) is 5.73. The second-order valence-corrected chi connectivity index (χ2v) is 5.53. The summed E-state index contributed by atoms with van der Waals surface area (Å²) >= 11 is 0. The molecule has 0 unspecified atom stereocenters. The van der Waals surface area contributed by atoms with Crippen LogP contribution in [-0.4, -0.2) is 42.4 Å². The first-order chi connectivity index (χ1) is 11.1. The first-order valence-corrected chi connectivity index (χ1v) is 7.79. The molecule has 0 aromatic heterocycles. The highest BCUT2D eigenvalue weighted by atomic mass is 16.5. The maximum Gasteiger partial charge on any atom is 0.325 e. The Morgan fingerprint density at radius 1 is 1.35 bits per heavy atom. The average molecular weight is 318 g/mol. The first kappa shape index (κ1) is 17.0. The summed E-state index contributed by atoms with van der Waals surface area (Å²) < 4.78 is 4.52. The topological polar surface area (TPSA) is 75.7 Å². The van der Waals surface area contributed by atoms with Crippen LogP contribution >= 0.6 is 0 Å². The van der Waals surface area contributed by atoms with Crippen LogP contribution in [-0.2, 0) is 19.1 Å². The van der Waals surface area contributed by atoms with E-state index in [2.05, 4.69) is 10.1 Å². The van der Waals surface area contributed by atoms with Crippen LogP contribution in [0.5, 0.6) is 0 Å². The number of carbonyl (C=O) groups excluding carboxylic acids is 3. The Labute approximate surface area is 135 Å². The number of amides is 2. The van der Waals surface area contributed by atoms with E-state index in [0.29, 0.717) is 12.8 Å². The molecule has 0 radical (unpaired) electrons. The van der Waals surface area contributed by atoms with E-state index in [1.165, 1.54) is 7.11 Å². The Balaban J connectivity index is 2.10. The van der Waals surface area contributed by atoms with Crippen LogP contribution in [0.25, 0.3) is 0 Å². The summed E-state index contributed by atoms with van der Waals surface area (Å²) in [6.45, 7) is 1.77. The SMILES string of the molecule is CCC[C@@H](C(=O)NCC(=O)OC)N1C(=O)C[C@H]1c1ccccc1. The van der Waals surface area contributed by atoms with Crippen molar-refractivity contribution < 1.29 is 19.1 Å². The summed E-state index contributed by atoms with van der Waals surface area (Å²) in [5.74, 6) is -0.861. The number of nitrogens with one attached hydrogen (secondary N) is 1. The zero-order valence-corrected chi connectivity index (χ0v) is 13.5.